The van der Waals surface area contributed by atoms with E-state index in [9.17, 15) is 4.79 Å². The van der Waals surface area contributed by atoms with E-state index in [2.05, 4.69) is 10.3 Å². The van der Waals surface area contributed by atoms with Gasteiger partial charge in [-0.2, -0.15) is 0 Å². The molecular formula is C14H16N2O3. The molecule has 2 heterocycles. The summed E-state index contributed by atoms with van der Waals surface area (Å²) in [6, 6.07) is 5.58. The van der Waals surface area contributed by atoms with E-state index in [-0.39, 0.29) is 11.6 Å². The van der Waals surface area contributed by atoms with E-state index in [1.54, 1.807) is 25.4 Å². The number of carbonyl (C=O) groups is 1. The summed E-state index contributed by atoms with van der Waals surface area (Å²) in [4.78, 5) is 14.9. The lowest BCUT2D eigenvalue weighted by atomic mass is 10.1. The Hall–Kier alpha value is -2.14. The Bertz CT molecular complexity index is 563. The molecule has 0 aliphatic rings. The zero-order chi connectivity index (χ0) is 13.8. The van der Waals surface area contributed by atoms with Crippen LogP contribution in [0.25, 0.3) is 0 Å². The number of hydrogen-bond donors (Lipinski definition) is 2. The lowest BCUT2D eigenvalue weighted by Gasteiger charge is -2.12. The second-order valence-electron chi connectivity index (χ2n) is 4.37. The first-order valence-corrected chi connectivity index (χ1v) is 6.04. The van der Waals surface area contributed by atoms with Crippen LogP contribution in [0, 0.1) is 6.92 Å². The van der Waals surface area contributed by atoms with E-state index >= 15 is 0 Å². The molecule has 2 N–H and O–H groups in total. The summed E-state index contributed by atoms with van der Waals surface area (Å²) in [5.41, 5.74) is 1.34. The van der Waals surface area contributed by atoms with Gasteiger partial charge in [-0.15, -0.1) is 0 Å². The van der Waals surface area contributed by atoms with Gasteiger partial charge in [0.2, 0.25) is 0 Å². The number of nitrogens with zero attached hydrogens (tertiary/aromatic N) is 1. The van der Waals surface area contributed by atoms with Gasteiger partial charge in [-0.3, -0.25) is 4.98 Å². The van der Waals surface area contributed by atoms with Crippen LogP contribution in [0.3, 0.4) is 0 Å². The molecule has 1 atom stereocenters. The van der Waals surface area contributed by atoms with E-state index in [0.29, 0.717) is 18.1 Å². The number of carboxylic acids is 1. The van der Waals surface area contributed by atoms with Crippen LogP contribution in [-0.4, -0.2) is 16.1 Å². The van der Waals surface area contributed by atoms with Gasteiger partial charge in [0.15, 0.2) is 0 Å². The molecule has 1 unspecified atom stereocenters. The summed E-state index contributed by atoms with van der Waals surface area (Å²) >= 11 is 0. The highest BCUT2D eigenvalue weighted by Gasteiger charge is 2.14. The molecule has 0 fully saturated rings. The molecule has 0 spiro atoms. The standard InChI is InChI=1S/C14H16N2O3/c1-9(11-3-5-15-6-4-11)16-8-12-7-13(14(17)18)10(2)19-12/h3-7,9,16H,8H2,1-2H3,(H,17,18). The lowest BCUT2D eigenvalue weighted by molar-refractivity contribution is 0.0695. The van der Waals surface area contributed by atoms with Crippen molar-refractivity contribution >= 4 is 5.97 Å². The fourth-order valence-corrected chi connectivity index (χ4v) is 1.87. The largest absolute Gasteiger partial charge is 0.478 e. The van der Waals surface area contributed by atoms with E-state index in [4.69, 9.17) is 9.52 Å². The van der Waals surface area contributed by atoms with E-state index in [1.807, 2.05) is 19.1 Å². The Morgan fingerprint density at radius 3 is 2.74 bits per heavy atom. The Balaban J connectivity index is 1.99. The van der Waals surface area contributed by atoms with Crippen LogP contribution in [-0.2, 0) is 6.54 Å². The summed E-state index contributed by atoms with van der Waals surface area (Å²) in [7, 11) is 0. The molecule has 0 radical (unpaired) electrons. The minimum absolute atomic E-state index is 0.140. The third-order valence-electron chi connectivity index (χ3n) is 2.99. The maximum atomic E-state index is 10.9. The lowest BCUT2D eigenvalue weighted by Crippen LogP contribution is -2.17. The number of aromatic carboxylic acids is 1. The predicted octanol–water partition coefficient (Wildman–Crippen LogP) is 2.53. The fraction of sp³-hybridized carbons (Fsp3) is 0.286. The summed E-state index contributed by atoms with van der Waals surface area (Å²) in [6.07, 6.45) is 3.49. The summed E-state index contributed by atoms with van der Waals surface area (Å²) < 4.78 is 5.41. The molecule has 0 aliphatic heterocycles. The van der Waals surface area contributed by atoms with Crippen molar-refractivity contribution in [3.05, 3.63) is 53.2 Å². The van der Waals surface area contributed by atoms with Gasteiger partial charge in [-0.05, 0) is 37.6 Å². The number of furan rings is 1. The predicted molar refractivity (Wildman–Crippen MR) is 69.9 cm³/mol. The monoisotopic (exact) mass is 260 g/mol. The molecule has 0 aliphatic carbocycles. The van der Waals surface area contributed by atoms with Crippen molar-refractivity contribution in [1.82, 2.24) is 10.3 Å². The molecule has 2 rings (SSSR count). The van der Waals surface area contributed by atoms with Crippen LogP contribution < -0.4 is 5.32 Å². The van der Waals surface area contributed by atoms with Crippen LogP contribution in [0.5, 0.6) is 0 Å². The van der Waals surface area contributed by atoms with E-state index in [1.165, 1.54) is 0 Å². The third-order valence-corrected chi connectivity index (χ3v) is 2.99. The van der Waals surface area contributed by atoms with Crippen LogP contribution in [0.1, 0.15) is 40.4 Å². The molecule has 2 aromatic heterocycles. The second kappa shape index (κ2) is 5.67. The van der Waals surface area contributed by atoms with Crippen LogP contribution in [0.2, 0.25) is 0 Å². The number of rotatable bonds is 5. The maximum absolute atomic E-state index is 10.9. The zero-order valence-corrected chi connectivity index (χ0v) is 10.9. The Morgan fingerprint density at radius 1 is 1.47 bits per heavy atom. The normalized spacial score (nSPS) is 12.3. The van der Waals surface area contributed by atoms with Crippen LogP contribution in [0.4, 0.5) is 0 Å². The summed E-state index contributed by atoms with van der Waals surface area (Å²) in [6.45, 7) is 4.17. The van der Waals surface area contributed by atoms with Crippen molar-refractivity contribution < 1.29 is 14.3 Å². The number of aryl methyl sites for hydroxylation is 1. The molecule has 2 aromatic rings. The minimum Gasteiger partial charge on any atom is -0.478 e. The van der Waals surface area contributed by atoms with Crippen molar-refractivity contribution in [2.45, 2.75) is 26.4 Å². The molecule has 0 amide bonds. The number of aromatic nitrogens is 1. The van der Waals surface area contributed by atoms with Gasteiger partial charge in [-0.25, -0.2) is 4.79 Å². The van der Waals surface area contributed by atoms with Gasteiger partial charge in [0.05, 0.1) is 6.54 Å². The fourth-order valence-electron chi connectivity index (χ4n) is 1.87. The molecule has 0 bridgehead atoms. The van der Waals surface area contributed by atoms with Crippen molar-refractivity contribution in [3.63, 3.8) is 0 Å². The highest BCUT2D eigenvalue weighted by Crippen LogP contribution is 2.16. The van der Waals surface area contributed by atoms with Crippen LogP contribution in [0.15, 0.2) is 35.0 Å². The highest BCUT2D eigenvalue weighted by molar-refractivity contribution is 5.88. The molecular weight excluding hydrogens is 244 g/mol. The average Bonchev–Trinajstić information content (AvgIpc) is 2.78. The number of nitrogens with one attached hydrogen (secondary N) is 1. The minimum atomic E-state index is -0.963. The van der Waals surface area contributed by atoms with Crippen LogP contribution >= 0.6 is 0 Å². The maximum Gasteiger partial charge on any atom is 0.339 e. The van der Waals surface area contributed by atoms with Crippen molar-refractivity contribution in [3.8, 4) is 0 Å². The van der Waals surface area contributed by atoms with Gasteiger partial charge >= 0.3 is 5.97 Å². The molecule has 0 saturated heterocycles. The zero-order valence-electron chi connectivity index (χ0n) is 10.9. The highest BCUT2D eigenvalue weighted by atomic mass is 16.4. The van der Waals surface area contributed by atoms with Crippen molar-refractivity contribution in [2.24, 2.45) is 0 Å². The smallest absolute Gasteiger partial charge is 0.339 e. The molecule has 0 saturated carbocycles. The first-order chi connectivity index (χ1) is 9.08. The Morgan fingerprint density at radius 2 is 2.16 bits per heavy atom. The Kier molecular flexibility index (Phi) is 3.97. The quantitative estimate of drug-likeness (QED) is 0.864. The van der Waals surface area contributed by atoms with Gasteiger partial charge in [0.25, 0.3) is 0 Å². The van der Waals surface area contributed by atoms with E-state index in [0.717, 1.165) is 5.56 Å². The topological polar surface area (TPSA) is 75.4 Å². The number of hydrogen-bond acceptors (Lipinski definition) is 4. The SMILES string of the molecule is Cc1oc(CNC(C)c2ccncc2)cc1C(=O)O. The summed E-state index contributed by atoms with van der Waals surface area (Å²) in [5.74, 6) is 0.0892. The first-order valence-electron chi connectivity index (χ1n) is 6.04. The number of pyridine rings is 1. The first kappa shape index (κ1) is 13.3. The molecule has 100 valence electrons. The second-order valence-corrected chi connectivity index (χ2v) is 4.37. The molecule has 5 nitrogen and oxygen atoms in total. The third kappa shape index (κ3) is 3.20. The Labute approximate surface area is 111 Å². The van der Waals surface area contributed by atoms with Gasteiger partial charge in [0, 0.05) is 18.4 Å². The van der Waals surface area contributed by atoms with Crippen molar-refractivity contribution in [2.75, 3.05) is 0 Å². The molecule has 19 heavy (non-hydrogen) atoms. The molecule has 5 heteroatoms. The summed E-state index contributed by atoms with van der Waals surface area (Å²) in [5, 5.41) is 12.2. The van der Waals surface area contributed by atoms with Gasteiger partial charge < -0.3 is 14.8 Å². The van der Waals surface area contributed by atoms with E-state index < -0.39 is 5.97 Å². The average molecular weight is 260 g/mol. The molecule has 0 aromatic carbocycles. The van der Waals surface area contributed by atoms with Gasteiger partial charge in [0.1, 0.15) is 17.1 Å². The van der Waals surface area contributed by atoms with Crippen molar-refractivity contribution in [1.29, 1.82) is 0 Å². The van der Waals surface area contributed by atoms with Gasteiger partial charge in [-0.1, -0.05) is 0 Å². The number of carboxylic acid groups (broad SMARTS) is 1.